The molecule has 45 heavy (non-hydrogen) atoms. The Hall–Kier alpha value is -5.52. The number of carbonyl (C=O) groups excluding carboxylic acids is 1. The Bertz CT molecular complexity index is 1840. The summed E-state index contributed by atoms with van der Waals surface area (Å²) in [7, 11) is 3.40. The van der Waals surface area contributed by atoms with Crippen LogP contribution < -0.4 is 19.7 Å². The van der Waals surface area contributed by atoms with E-state index >= 15 is 0 Å². The van der Waals surface area contributed by atoms with Crippen LogP contribution >= 0.6 is 0 Å². The lowest BCUT2D eigenvalue weighted by Crippen LogP contribution is -2.35. The van der Waals surface area contributed by atoms with Gasteiger partial charge in [0.25, 0.3) is 5.91 Å². The predicted molar refractivity (Wildman–Crippen MR) is 167 cm³/mol. The van der Waals surface area contributed by atoms with Crippen molar-refractivity contribution in [2.45, 2.75) is 13.1 Å². The number of anilines is 2. The summed E-state index contributed by atoms with van der Waals surface area (Å²) in [6.07, 6.45) is 5.81. The number of hydrogen-bond donors (Lipinski definition) is 1. The van der Waals surface area contributed by atoms with Crippen LogP contribution in [0.25, 0.3) is 17.2 Å². The molecule has 1 amide bonds. The third-order valence-electron chi connectivity index (χ3n) is 7.33. The van der Waals surface area contributed by atoms with Gasteiger partial charge in [-0.05, 0) is 35.4 Å². The lowest BCUT2D eigenvalue weighted by molar-refractivity contribution is 0.0797. The van der Waals surface area contributed by atoms with Crippen molar-refractivity contribution >= 4 is 34.9 Å². The van der Waals surface area contributed by atoms with Crippen molar-refractivity contribution in [2.24, 2.45) is 0 Å². The predicted octanol–water partition coefficient (Wildman–Crippen LogP) is 5.37. The number of allylic oxidation sites excluding steroid dienone is 1. The maximum atomic E-state index is 13.7. The second-order valence-electron chi connectivity index (χ2n) is 10.6. The van der Waals surface area contributed by atoms with Gasteiger partial charge in [0, 0.05) is 51.9 Å². The van der Waals surface area contributed by atoms with Crippen molar-refractivity contribution in [1.29, 1.82) is 0 Å². The summed E-state index contributed by atoms with van der Waals surface area (Å²) in [5, 5.41) is 3.40. The normalized spacial score (nSPS) is 12.2. The minimum absolute atomic E-state index is 0.0576. The largest absolute Gasteiger partial charge is 0.454 e. The molecular weight excluding hydrogens is 580 g/mol. The molecule has 12 heteroatoms. The SMILES string of the molecule is CN(CCN(C)c1nc(NCc2ccc3c(c2)OCO3)c2ncn(CC=Cc3ccccc3)c2n1)C(=O)c1cc(F)cc(F)c1. The zero-order valence-electron chi connectivity index (χ0n) is 24.8. The molecule has 10 nitrogen and oxygen atoms in total. The van der Waals surface area contributed by atoms with Crippen molar-refractivity contribution in [3.63, 3.8) is 0 Å². The Morgan fingerprint density at radius 3 is 2.56 bits per heavy atom. The van der Waals surface area contributed by atoms with E-state index in [9.17, 15) is 13.6 Å². The van der Waals surface area contributed by atoms with Gasteiger partial charge in [-0.2, -0.15) is 9.97 Å². The van der Waals surface area contributed by atoms with E-state index in [4.69, 9.17) is 19.4 Å². The summed E-state index contributed by atoms with van der Waals surface area (Å²) < 4.78 is 40.3. The van der Waals surface area contributed by atoms with Gasteiger partial charge >= 0.3 is 0 Å². The third kappa shape index (κ3) is 6.85. The average Bonchev–Trinajstić information content (AvgIpc) is 3.69. The topological polar surface area (TPSA) is 97.6 Å². The van der Waals surface area contributed by atoms with Gasteiger partial charge < -0.3 is 29.2 Å². The van der Waals surface area contributed by atoms with E-state index < -0.39 is 17.5 Å². The van der Waals surface area contributed by atoms with Crippen LogP contribution in [0.15, 0.2) is 79.1 Å². The number of rotatable bonds is 11. The smallest absolute Gasteiger partial charge is 0.253 e. The van der Waals surface area contributed by atoms with Gasteiger partial charge in [0.05, 0.1) is 6.33 Å². The molecule has 1 aliphatic heterocycles. The van der Waals surface area contributed by atoms with E-state index in [1.54, 1.807) is 13.4 Å². The Balaban J connectivity index is 1.23. The standard InChI is InChI=1S/C33H31F2N7O3/c1-40(32(43)24-16-25(34)18-26(35)17-24)13-14-41(2)33-38-30(36-19-23-10-11-27-28(15-23)45-21-44-27)29-31(39-33)42(20-37-29)12-6-9-22-7-4-3-5-8-22/h3-11,15-18,20H,12-14,19,21H2,1-2H3,(H,36,38,39). The molecule has 0 radical (unpaired) electrons. The molecule has 0 unspecified atom stereocenters. The summed E-state index contributed by atoms with van der Waals surface area (Å²) >= 11 is 0. The number of halogens is 2. The fourth-order valence-electron chi connectivity index (χ4n) is 4.86. The van der Waals surface area contributed by atoms with Crippen molar-refractivity contribution in [3.8, 4) is 11.5 Å². The highest BCUT2D eigenvalue weighted by atomic mass is 19.1. The molecule has 6 rings (SSSR count). The number of imidazole rings is 1. The van der Waals surface area contributed by atoms with Crippen LogP contribution in [0, 0.1) is 11.6 Å². The highest BCUT2D eigenvalue weighted by Gasteiger charge is 2.19. The number of nitrogens with zero attached hydrogens (tertiary/aromatic N) is 6. The molecule has 0 fully saturated rings. The summed E-state index contributed by atoms with van der Waals surface area (Å²) in [4.78, 5) is 30.3. The van der Waals surface area contributed by atoms with Crippen molar-refractivity contribution in [1.82, 2.24) is 24.4 Å². The first kappa shape index (κ1) is 29.5. The second-order valence-corrected chi connectivity index (χ2v) is 10.6. The molecule has 1 N–H and O–H groups in total. The average molecular weight is 612 g/mol. The minimum atomic E-state index is -0.804. The Kier molecular flexibility index (Phi) is 8.54. The summed E-state index contributed by atoms with van der Waals surface area (Å²) in [5.74, 6) is 0.264. The highest BCUT2D eigenvalue weighted by molar-refractivity contribution is 5.94. The van der Waals surface area contributed by atoms with Gasteiger partial charge in [0.15, 0.2) is 28.5 Å². The summed E-state index contributed by atoms with van der Waals surface area (Å²) in [6, 6.07) is 18.5. The number of nitrogens with one attached hydrogen (secondary N) is 1. The molecule has 0 spiro atoms. The Morgan fingerprint density at radius 1 is 0.978 bits per heavy atom. The second kappa shape index (κ2) is 13.0. The zero-order chi connectivity index (χ0) is 31.3. The fraction of sp³-hybridized carbons (Fsp3) is 0.212. The molecule has 3 aromatic carbocycles. The van der Waals surface area contributed by atoms with E-state index in [0.29, 0.717) is 54.1 Å². The Labute approximate surface area is 258 Å². The van der Waals surface area contributed by atoms with E-state index in [0.717, 1.165) is 29.3 Å². The maximum Gasteiger partial charge on any atom is 0.253 e. The van der Waals surface area contributed by atoms with Crippen molar-refractivity contribution in [2.75, 3.05) is 44.2 Å². The van der Waals surface area contributed by atoms with Gasteiger partial charge in [0.1, 0.15) is 11.6 Å². The first-order valence-corrected chi connectivity index (χ1v) is 14.3. The van der Waals surface area contributed by atoms with Crippen LogP contribution in [0.4, 0.5) is 20.5 Å². The van der Waals surface area contributed by atoms with Crippen LogP contribution in [0.1, 0.15) is 21.5 Å². The zero-order valence-corrected chi connectivity index (χ0v) is 24.8. The number of benzene rings is 3. The fourth-order valence-corrected chi connectivity index (χ4v) is 4.86. The number of aromatic nitrogens is 4. The molecule has 0 saturated carbocycles. The number of ether oxygens (including phenoxy) is 2. The van der Waals surface area contributed by atoms with Gasteiger partial charge in [-0.1, -0.05) is 48.6 Å². The lowest BCUT2D eigenvalue weighted by atomic mass is 10.2. The van der Waals surface area contributed by atoms with Gasteiger partial charge in [-0.3, -0.25) is 4.79 Å². The van der Waals surface area contributed by atoms with E-state index in [2.05, 4.69) is 10.3 Å². The van der Waals surface area contributed by atoms with Crippen LogP contribution in [0.3, 0.4) is 0 Å². The molecule has 0 atom stereocenters. The summed E-state index contributed by atoms with van der Waals surface area (Å²) in [5.41, 5.74) is 3.25. The number of fused-ring (bicyclic) bond motifs is 2. The minimum Gasteiger partial charge on any atom is -0.454 e. The number of amides is 1. The highest BCUT2D eigenvalue weighted by Crippen LogP contribution is 2.33. The van der Waals surface area contributed by atoms with Gasteiger partial charge in [-0.25, -0.2) is 13.8 Å². The molecule has 1 aliphatic rings. The van der Waals surface area contributed by atoms with Crippen molar-refractivity contribution in [3.05, 3.63) is 107 Å². The summed E-state index contributed by atoms with van der Waals surface area (Å²) in [6.45, 7) is 1.80. The van der Waals surface area contributed by atoms with Crippen LogP contribution in [0.2, 0.25) is 0 Å². The molecule has 3 heterocycles. The van der Waals surface area contributed by atoms with E-state index in [1.165, 1.54) is 4.90 Å². The van der Waals surface area contributed by atoms with E-state index in [1.807, 2.05) is 77.2 Å². The first-order valence-electron chi connectivity index (χ1n) is 14.3. The van der Waals surface area contributed by atoms with Crippen molar-refractivity contribution < 1.29 is 23.0 Å². The number of hydrogen-bond acceptors (Lipinski definition) is 8. The number of likely N-dealkylation sites (N-methyl/N-ethyl adjacent to an activating group) is 2. The van der Waals surface area contributed by atoms with Crippen LogP contribution in [-0.2, 0) is 13.1 Å². The lowest BCUT2D eigenvalue weighted by Gasteiger charge is -2.23. The monoisotopic (exact) mass is 611 g/mol. The Morgan fingerprint density at radius 2 is 1.76 bits per heavy atom. The molecule has 0 aliphatic carbocycles. The maximum absolute atomic E-state index is 13.7. The van der Waals surface area contributed by atoms with Crippen LogP contribution in [0.5, 0.6) is 11.5 Å². The molecule has 0 bridgehead atoms. The quantitative estimate of drug-likeness (QED) is 0.213. The van der Waals surface area contributed by atoms with E-state index in [-0.39, 0.29) is 18.9 Å². The molecule has 2 aromatic heterocycles. The molecule has 5 aromatic rings. The van der Waals surface area contributed by atoms with Gasteiger partial charge in [0.2, 0.25) is 12.7 Å². The first-order chi connectivity index (χ1) is 21.8. The molecular formula is C33H31F2N7O3. The third-order valence-corrected chi connectivity index (χ3v) is 7.33. The van der Waals surface area contributed by atoms with Crippen LogP contribution in [-0.4, -0.2) is 64.3 Å². The molecule has 0 saturated heterocycles. The van der Waals surface area contributed by atoms with Gasteiger partial charge in [-0.15, -0.1) is 0 Å². The molecule has 230 valence electrons. The number of carbonyl (C=O) groups is 1.